The molecule has 0 fully saturated rings. The zero-order chi connectivity index (χ0) is 13.4. The van der Waals surface area contributed by atoms with Crippen LogP contribution < -0.4 is 4.72 Å². The van der Waals surface area contributed by atoms with Gasteiger partial charge in [-0.3, -0.25) is 4.72 Å². The Hall–Kier alpha value is -1.81. The zero-order valence-electron chi connectivity index (χ0n) is 10.5. The van der Waals surface area contributed by atoms with Crippen molar-refractivity contribution in [3.05, 3.63) is 66.2 Å². The highest BCUT2D eigenvalue weighted by molar-refractivity contribution is 7.92. The van der Waals surface area contributed by atoms with Crippen molar-refractivity contribution in [3.8, 4) is 0 Å². The van der Waals surface area contributed by atoms with Crippen molar-refractivity contribution < 1.29 is 8.42 Å². The van der Waals surface area contributed by atoms with Crippen molar-refractivity contribution in [2.24, 2.45) is 0 Å². The molecule has 0 radical (unpaired) electrons. The minimum Gasteiger partial charge on any atom is -0.284 e. The number of sulfonamides is 1. The van der Waals surface area contributed by atoms with Crippen molar-refractivity contribution >= 4 is 15.7 Å². The van der Waals surface area contributed by atoms with Gasteiger partial charge in [-0.05, 0) is 19.1 Å². The zero-order valence-corrected chi connectivity index (χ0v) is 11.3. The van der Waals surface area contributed by atoms with E-state index >= 15 is 0 Å². The highest BCUT2D eigenvalue weighted by atomic mass is 32.2. The Morgan fingerprint density at radius 3 is 1.61 bits per heavy atom. The second kappa shape index (κ2) is 6.81. The lowest BCUT2D eigenvalue weighted by Crippen LogP contribution is -2.08. The quantitative estimate of drug-likeness (QED) is 0.905. The van der Waals surface area contributed by atoms with E-state index in [2.05, 4.69) is 23.8 Å². The minimum absolute atomic E-state index is 0.593. The molecule has 2 aromatic rings. The Morgan fingerprint density at radius 1 is 0.833 bits per heavy atom. The average Bonchev–Trinajstić information content (AvgIpc) is 2.30. The molecule has 2 rings (SSSR count). The Kier molecular flexibility index (Phi) is 5.39. The fourth-order valence-corrected chi connectivity index (χ4v) is 1.82. The third kappa shape index (κ3) is 6.70. The smallest absolute Gasteiger partial charge is 0.229 e. The van der Waals surface area contributed by atoms with Crippen LogP contribution in [0.1, 0.15) is 5.56 Å². The van der Waals surface area contributed by atoms with Crippen molar-refractivity contribution in [3.63, 3.8) is 0 Å². The number of hydrogen-bond donors (Lipinski definition) is 1. The number of para-hydroxylation sites is 1. The van der Waals surface area contributed by atoms with Gasteiger partial charge in [-0.25, -0.2) is 8.42 Å². The maximum atomic E-state index is 10.7. The molecule has 0 heterocycles. The van der Waals surface area contributed by atoms with Gasteiger partial charge in [0.2, 0.25) is 10.0 Å². The summed E-state index contributed by atoms with van der Waals surface area (Å²) in [5.74, 6) is 0. The fraction of sp³-hybridized carbons (Fsp3) is 0.143. The van der Waals surface area contributed by atoms with Gasteiger partial charge in [-0.2, -0.15) is 0 Å². The van der Waals surface area contributed by atoms with E-state index in [9.17, 15) is 8.42 Å². The lowest BCUT2D eigenvalue weighted by Gasteiger charge is -2.00. The summed E-state index contributed by atoms with van der Waals surface area (Å²) >= 11 is 0. The highest BCUT2D eigenvalue weighted by Crippen LogP contribution is 2.05. The first kappa shape index (κ1) is 14.3. The molecule has 0 aliphatic rings. The van der Waals surface area contributed by atoms with Crippen LogP contribution in [0.2, 0.25) is 0 Å². The number of aryl methyl sites for hydroxylation is 1. The van der Waals surface area contributed by atoms with Crippen LogP contribution >= 0.6 is 0 Å². The van der Waals surface area contributed by atoms with E-state index in [1.54, 1.807) is 24.3 Å². The molecule has 0 saturated carbocycles. The molecule has 1 N–H and O–H groups in total. The van der Waals surface area contributed by atoms with Crippen LogP contribution in [0.15, 0.2) is 60.7 Å². The van der Waals surface area contributed by atoms with Gasteiger partial charge >= 0.3 is 0 Å². The number of benzene rings is 2. The summed E-state index contributed by atoms with van der Waals surface area (Å²) in [5, 5.41) is 0. The molecule has 0 aromatic heterocycles. The maximum Gasteiger partial charge on any atom is 0.229 e. The van der Waals surface area contributed by atoms with Crippen LogP contribution in [0.4, 0.5) is 5.69 Å². The van der Waals surface area contributed by atoms with E-state index in [0.29, 0.717) is 5.69 Å². The molecule has 0 saturated heterocycles. The van der Waals surface area contributed by atoms with Crippen LogP contribution in [0.3, 0.4) is 0 Å². The molecular weight excluding hydrogens is 246 g/mol. The van der Waals surface area contributed by atoms with E-state index in [1.165, 1.54) is 5.56 Å². The second-order valence-electron chi connectivity index (χ2n) is 3.89. The van der Waals surface area contributed by atoms with E-state index in [1.807, 2.05) is 24.3 Å². The predicted octanol–water partition coefficient (Wildman–Crippen LogP) is 3.05. The number of hydrogen-bond acceptors (Lipinski definition) is 2. The molecule has 0 atom stereocenters. The number of nitrogens with one attached hydrogen (secondary N) is 1. The topological polar surface area (TPSA) is 46.2 Å². The molecule has 2 aromatic carbocycles. The van der Waals surface area contributed by atoms with Crippen LogP contribution in [0.5, 0.6) is 0 Å². The fourth-order valence-electron chi connectivity index (χ4n) is 1.25. The van der Waals surface area contributed by atoms with E-state index in [0.717, 1.165) is 6.26 Å². The lowest BCUT2D eigenvalue weighted by atomic mass is 10.2. The number of anilines is 1. The third-order valence-corrected chi connectivity index (χ3v) is 2.62. The van der Waals surface area contributed by atoms with Crippen molar-refractivity contribution in [1.82, 2.24) is 0 Å². The molecule has 0 amide bonds. The Labute approximate surface area is 109 Å². The van der Waals surface area contributed by atoms with Gasteiger partial charge in [0.05, 0.1) is 6.26 Å². The largest absolute Gasteiger partial charge is 0.284 e. The van der Waals surface area contributed by atoms with E-state index in [-0.39, 0.29) is 0 Å². The van der Waals surface area contributed by atoms with Gasteiger partial charge in [0.25, 0.3) is 0 Å². The third-order valence-electron chi connectivity index (χ3n) is 2.02. The summed E-state index contributed by atoms with van der Waals surface area (Å²) in [6.07, 6.45) is 1.12. The molecule has 96 valence electrons. The molecule has 0 aliphatic carbocycles. The Balaban J connectivity index is 0.000000199. The molecule has 18 heavy (non-hydrogen) atoms. The summed E-state index contributed by atoms with van der Waals surface area (Å²) in [7, 11) is -3.13. The van der Waals surface area contributed by atoms with Gasteiger partial charge in [-0.1, -0.05) is 54.1 Å². The Bertz CT molecular complexity index is 551. The SMILES string of the molecule is CS(=O)(=O)Nc1ccccc1.Cc1ccccc1. The predicted molar refractivity (Wildman–Crippen MR) is 76.1 cm³/mol. The normalized spacial score (nSPS) is 10.1. The lowest BCUT2D eigenvalue weighted by molar-refractivity contribution is 0.607. The van der Waals surface area contributed by atoms with Crippen LogP contribution in [0, 0.1) is 6.92 Å². The molecule has 0 spiro atoms. The van der Waals surface area contributed by atoms with Crippen LogP contribution in [-0.2, 0) is 10.0 Å². The first-order chi connectivity index (χ1) is 8.47. The monoisotopic (exact) mass is 263 g/mol. The highest BCUT2D eigenvalue weighted by Gasteiger charge is 1.98. The summed E-state index contributed by atoms with van der Waals surface area (Å²) in [4.78, 5) is 0. The van der Waals surface area contributed by atoms with Crippen LogP contribution in [0.25, 0.3) is 0 Å². The Morgan fingerprint density at radius 2 is 1.28 bits per heavy atom. The van der Waals surface area contributed by atoms with E-state index in [4.69, 9.17) is 0 Å². The first-order valence-electron chi connectivity index (χ1n) is 5.52. The molecular formula is C14H17NO2S. The second-order valence-corrected chi connectivity index (χ2v) is 5.64. The minimum atomic E-state index is -3.13. The molecule has 0 unspecified atom stereocenters. The molecule has 4 heteroatoms. The molecule has 0 bridgehead atoms. The summed E-state index contributed by atoms with van der Waals surface area (Å²) in [6, 6.07) is 19.0. The average molecular weight is 263 g/mol. The van der Waals surface area contributed by atoms with Gasteiger partial charge in [0.1, 0.15) is 0 Å². The van der Waals surface area contributed by atoms with Crippen molar-refractivity contribution in [2.75, 3.05) is 11.0 Å². The maximum absolute atomic E-state index is 10.7. The molecule has 3 nitrogen and oxygen atoms in total. The van der Waals surface area contributed by atoms with Crippen LogP contribution in [-0.4, -0.2) is 14.7 Å². The van der Waals surface area contributed by atoms with Crippen molar-refractivity contribution in [1.29, 1.82) is 0 Å². The van der Waals surface area contributed by atoms with E-state index < -0.39 is 10.0 Å². The molecule has 0 aliphatic heterocycles. The summed E-state index contributed by atoms with van der Waals surface area (Å²) in [5.41, 5.74) is 1.91. The van der Waals surface area contributed by atoms with Gasteiger partial charge < -0.3 is 0 Å². The first-order valence-corrected chi connectivity index (χ1v) is 7.41. The standard InChI is InChI=1S/C7H9NO2S.C7H8/c1-11(9,10)8-7-5-3-2-4-6-7;1-7-5-3-2-4-6-7/h2-6,8H,1H3;2-6H,1H3. The van der Waals surface area contributed by atoms with Gasteiger partial charge in [0, 0.05) is 5.69 Å². The van der Waals surface area contributed by atoms with Crippen molar-refractivity contribution in [2.45, 2.75) is 6.92 Å². The van der Waals surface area contributed by atoms with Gasteiger partial charge in [-0.15, -0.1) is 0 Å². The summed E-state index contributed by atoms with van der Waals surface area (Å²) in [6.45, 7) is 2.08. The van der Waals surface area contributed by atoms with Gasteiger partial charge in [0.15, 0.2) is 0 Å². The summed E-state index contributed by atoms with van der Waals surface area (Å²) < 4.78 is 23.7. The number of rotatable bonds is 2.